The van der Waals surface area contributed by atoms with E-state index in [9.17, 15) is 0 Å². The molecule has 0 bridgehead atoms. The lowest BCUT2D eigenvalue weighted by molar-refractivity contribution is 0.401. The number of rotatable bonds is 7. The summed E-state index contributed by atoms with van der Waals surface area (Å²) in [5.41, 5.74) is 2.62. The van der Waals surface area contributed by atoms with Gasteiger partial charge in [0.25, 0.3) is 0 Å². The number of hydrogen-bond acceptors (Lipinski definition) is 2. The van der Waals surface area contributed by atoms with Gasteiger partial charge in [-0.2, -0.15) is 0 Å². The van der Waals surface area contributed by atoms with Crippen LogP contribution in [-0.4, -0.2) is 37.5 Å². The summed E-state index contributed by atoms with van der Waals surface area (Å²) in [6, 6.07) is 8.95. The Balaban J connectivity index is 0.00000441. The lowest BCUT2D eigenvalue weighted by Gasteiger charge is -2.17. The van der Waals surface area contributed by atoms with Gasteiger partial charge in [0.2, 0.25) is 0 Å². The molecule has 0 saturated heterocycles. The van der Waals surface area contributed by atoms with Gasteiger partial charge < -0.3 is 15.5 Å². The predicted octanol–water partition coefficient (Wildman–Crippen LogP) is 3.22. The van der Waals surface area contributed by atoms with Crippen molar-refractivity contribution in [3.05, 3.63) is 35.4 Å². The summed E-state index contributed by atoms with van der Waals surface area (Å²) in [5, 5.41) is 6.73. The van der Waals surface area contributed by atoms with E-state index in [1.807, 2.05) is 0 Å². The molecule has 4 nitrogen and oxygen atoms in total. The third kappa shape index (κ3) is 7.98. The molecule has 0 amide bonds. The minimum Gasteiger partial charge on any atom is -0.357 e. The largest absolute Gasteiger partial charge is 0.357 e. The van der Waals surface area contributed by atoms with Gasteiger partial charge in [0.05, 0.1) is 6.54 Å². The molecule has 0 aliphatic rings. The van der Waals surface area contributed by atoms with Crippen LogP contribution in [0.5, 0.6) is 0 Å². The molecule has 0 spiro atoms. The first-order chi connectivity index (χ1) is 10.1. The van der Waals surface area contributed by atoms with Crippen LogP contribution in [0.15, 0.2) is 29.3 Å². The van der Waals surface area contributed by atoms with E-state index in [0.717, 1.165) is 25.5 Å². The van der Waals surface area contributed by atoms with E-state index in [-0.39, 0.29) is 24.0 Å². The van der Waals surface area contributed by atoms with E-state index in [1.54, 1.807) is 0 Å². The maximum absolute atomic E-state index is 4.72. The highest BCUT2D eigenvalue weighted by Crippen LogP contribution is 2.11. The molecule has 126 valence electrons. The monoisotopic (exact) mass is 418 g/mol. The van der Waals surface area contributed by atoms with E-state index in [1.165, 1.54) is 11.1 Å². The van der Waals surface area contributed by atoms with Crippen LogP contribution in [-0.2, 0) is 13.1 Å². The molecule has 1 aromatic carbocycles. The molecule has 0 aliphatic carbocycles. The van der Waals surface area contributed by atoms with Crippen LogP contribution in [0, 0.1) is 0 Å². The Morgan fingerprint density at radius 2 is 1.82 bits per heavy atom. The molecule has 1 atom stereocenters. The van der Waals surface area contributed by atoms with E-state index in [0.29, 0.717) is 12.6 Å². The third-order valence-corrected chi connectivity index (χ3v) is 3.35. The summed E-state index contributed by atoms with van der Waals surface area (Å²) in [7, 11) is 4.18. The first kappa shape index (κ1) is 21.2. The van der Waals surface area contributed by atoms with Gasteiger partial charge in [-0.1, -0.05) is 31.2 Å². The summed E-state index contributed by atoms with van der Waals surface area (Å²) >= 11 is 0. The summed E-state index contributed by atoms with van der Waals surface area (Å²) in [4.78, 5) is 6.90. The Hall–Kier alpha value is -0.820. The smallest absolute Gasteiger partial charge is 0.191 e. The fourth-order valence-electron chi connectivity index (χ4n) is 2.03. The second-order valence-corrected chi connectivity index (χ2v) is 5.66. The molecule has 0 aliphatic heterocycles. The van der Waals surface area contributed by atoms with Crippen LogP contribution in [0.25, 0.3) is 0 Å². The van der Waals surface area contributed by atoms with Crippen LogP contribution in [0.1, 0.15) is 38.3 Å². The summed E-state index contributed by atoms with van der Waals surface area (Å²) in [6.07, 6.45) is 1.08. The van der Waals surface area contributed by atoms with Gasteiger partial charge >= 0.3 is 0 Å². The zero-order chi connectivity index (χ0) is 15.7. The topological polar surface area (TPSA) is 39.7 Å². The quantitative estimate of drug-likeness (QED) is 0.406. The Kier molecular flexibility index (Phi) is 11.3. The highest BCUT2D eigenvalue weighted by Gasteiger charge is 2.05. The van der Waals surface area contributed by atoms with Gasteiger partial charge in [-0.25, -0.2) is 4.99 Å². The Bertz CT molecular complexity index is 446. The minimum absolute atomic E-state index is 0. The lowest BCUT2D eigenvalue weighted by Crippen LogP contribution is -2.41. The number of aliphatic imine (C=N–C) groups is 1. The fraction of sp³-hybridized carbons (Fsp3) is 0.588. The first-order valence-electron chi connectivity index (χ1n) is 7.83. The SMILES string of the molecule is CCNC(=NCc1ccccc1CN(C)C)NC(C)CC.I. The summed E-state index contributed by atoms with van der Waals surface area (Å²) in [6.45, 7) is 8.96. The maximum Gasteiger partial charge on any atom is 0.191 e. The Labute approximate surface area is 152 Å². The highest BCUT2D eigenvalue weighted by atomic mass is 127. The average Bonchev–Trinajstić information content (AvgIpc) is 2.45. The van der Waals surface area contributed by atoms with Crippen molar-refractivity contribution in [2.24, 2.45) is 4.99 Å². The molecule has 22 heavy (non-hydrogen) atoms. The number of halogens is 1. The van der Waals surface area contributed by atoms with Gasteiger partial charge in [0, 0.05) is 19.1 Å². The van der Waals surface area contributed by atoms with Crippen molar-refractivity contribution in [3.8, 4) is 0 Å². The second-order valence-electron chi connectivity index (χ2n) is 5.66. The first-order valence-corrected chi connectivity index (χ1v) is 7.83. The van der Waals surface area contributed by atoms with Crippen LogP contribution >= 0.6 is 24.0 Å². The van der Waals surface area contributed by atoms with E-state index >= 15 is 0 Å². The van der Waals surface area contributed by atoms with Gasteiger partial charge in [-0.3, -0.25) is 0 Å². The molecule has 0 radical (unpaired) electrons. The highest BCUT2D eigenvalue weighted by molar-refractivity contribution is 14.0. The van der Waals surface area contributed by atoms with Gasteiger partial charge in [0.1, 0.15) is 0 Å². The minimum atomic E-state index is 0. The van der Waals surface area contributed by atoms with Crippen LogP contribution in [0.2, 0.25) is 0 Å². The van der Waals surface area contributed by atoms with Crippen molar-refractivity contribution in [2.75, 3.05) is 20.6 Å². The standard InChI is InChI=1S/C17H30N4.HI/c1-6-14(3)20-17(18-7-2)19-12-15-10-8-9-11-16(15)13-21(4)5;/h8-11,14H,6-7,12-13H2,1-5H3,(H2,18,19,20);1H. The molecule has 0 aromatic heterocycles. The molecule has 1 rings (SSSR count). The maximum atomic E-state index is 4.72. The Morgan fingerprint density at radius 3 is 2.36 bits per heavy atom. The van der Waals surface area contributed by atoms with E-state index < -0.39 is 0 Å². The van der Waals surface area contributed by atoms with Crippen molar-refractivity contribution in [1.82, 2.24) is 15.5 Å². The van der Waals surface area contributed by atoms with E-state index in [4.69, 9.17) is 4.99 Å². The van der Waals surface area contributed by atoms with Crippen molar-refractivity contribution in [3.63, 3.8) is 0 Å². The molecule has 0 fully saturated rings. The van der Waals surface area contributed by atoms with Crippen molar-refractivity contribution < 1.29 is 0 Å². The van der Waals surface area contributed by atoms with Gasteiger partial charge in [-0.05, 0) is 45.5 Å². The van der Waals surface area contributed by atoms with Gasteiger partial charge in [0.15, 0.2) is 5.96 Å². The zero-order valence-corrected chi connectivity index (χ0v) is 16.8. The summed E-state index contributed by atoms with van der Waals surface area (Å²) in [5.74, 6) is 0.895. The zero-order valence-electron chi connectivity index (χ0n) is 14.5. The van der Waals surface area contributed by atoms with Crippen LogP contribution in [0.3, 0.4) is 0 Å². The molecule has 2 N–H and O–H groups in total. The van der Waals surface area contributed by atoms with Crippen molar-refractivity contribution in [2.45, 2.75) is 46.3 Å². The molecule has 0 heterocycles. The Morgan fingerprint density at radius 1 is 1.18 bits per heavy atom. The number of guanidine groups is 1. The molecule has 1 unspecified atom stereocenters. The molecular weight excluding hydrogens is 387 g/mol. The van der Waals surface area contributed by atoms with Gasteiger partial charge in [-0.15, -0.1) is 24.0 Å². The summed E-state index contributed by atoms with van der Waals surface area (Å²) < 4.78 is 0. The normalized spacial score (nSPS) is 12.7. The number of nitrogens with zero attached hydrogens (tertiary/aromatic N) is 2. The third-order valence-electron chi connectivity index (χ3n) is 3.35. The predicted molar refractivity (Wildman–Crippen MR) is 107 cm³/mol. The van der Waals surface area contributed by atoms with Crippen LogP contribution in [0.4, 0.5) is 0 Å². The molecule has 1 aromatic rings. The number of hydrogen-bond donors (Lipinski definition) is 2. The van der Waals surface area contributed by atoms with Crippen LogP contribution < -0.4 is 10.6 Å². The second kappa shape index (κ2) is 11.7. The molecule has 5 heteroatoms. The number of nitrogens with one attached hydrogen (secondary N) is 2. The average molecular weight is 418 g/mol. The van der Waals surface area contributed by atoms with Crippen molar-refractivity contribution in [1.29, 1.82) is 0 Å². The molecular formula is C17H31IN4. The lowest BCUT2D eigenvalue weighted by atomic mass is 10.1. The van der Waals surface area contributed by atoms with E-state index in [2.05, 4.69) is 74.7 Å². The molecule has 0 saturated carbocycles. The number of benzene rings is 1. The van der Waals surface area contributed by atoms with Crippen molar-refractivity contribution >= 4 is 29.9 Å². The fourth-order valence-corrected chi connectivity index (χ4v) is 2.03.